The first kappa shape index (κ1) is 16.8. The lowest BCUT2D eigenvalue weighted by molar-refractivity contribution is -0.111. The third-order valence-corrected chi connectivity index (χ3v) is 3.58. The second-order valence-corrected chi connectivity index (χ2v) is 5.27. The summed E-state index contributed by atoms with van der Waals surface area (Å²) in [5, 5.41) is 3.31. The predicted octanol–water partition coefficient (Wildman–Crippen LogP) is 4.09. The Hall–Kier alpha value is -2.59. The van der Waals surface area contributed by atoms with Crippen LogP contribution in [0.1, 0.15) is 21.5 Å². The van der Waals surface area contributed by atoms with Gasteiger partial charge in [0.2, 0.25) is 5.91 Å². The summed E-state index contributed by atoms with van der Waals surface area (Å²) in [4.78, 5) is 23.6. The normalized spacial score (nSPS) is 10.6. The predicted molar refractivity (Wildman–Crippen MR) is 91.6 cm³/mol. The second kappa shape index (κ2) is 7.61. The standard InChI is InChI=1S/C18H16ClNO3/c1-12-7-8-14(18(22)23-2)11-16(12)20-17(21)10-9-13-5-3-4-6-15(13)19/h3-11H,1-2H3,(H,20,21)/b10-9+. The molecule has 0 aliphatic heterocycles. The summed E-state index contributed by atoms with van der Waals surface area (Å²) >= 11 is 6.03. The number of carbonyl (C=O) groups excluding carboxylic acids is 2. The number of amides is 1. The molecule has 23 heavy (non-hydrogen) atoms. The number of hydrogen-bond donors (Lipinski definition) is 1. The molecule has 0 unspecified atom stereocenters. The van der Waals surface area contributed by atoms with Crippen LogP contribution in [0.3, 0.4) is 0 Å². The number of hydrogen-bond acceptors (Lipinski definition) is 3. The molecule has 0 saturated heterocycles. The highest BCUT2D eigenvalue weighted by Gasteiger charge is 2.09. The molecule has 0 saturated carbocycles. The zero-order valence-electron chi connectivity index (χ0n) is 12.8. The Balaban J connectivity index is 2.14. The average molecular weight is 330 g/mol. The van der Waals surface area contributed by atoms with E-state index in [1.807, 2.05) is 25.1 Å². The number of ether oxygens (including phenoxy) is 1. The van der Waals surface area contributed by atoms with Crippen LogP contribution in [0, 0.1) is 6.92 Å². The van der Waals surface area contributed by atoms with E-state index in [0.717, 1.165) is 11.1 Å². The first-order valence-electron chi connectivity index (χ1n) is 6.94. The zero-order chi connectivity index (χ0) is 16.8. The van der Waals surface area contributed by atoms with E-state index in [4.69, 9.17) is 11.6 Å². The molecule has 0 heterocycles. The van der Waals surface area contributed by atoms with Crippen molar-refractivity contribution < 1.29 is 14.3 Å². The monoisotopic (exact) mass is 329 g/mol. The van der Waals surface area contributed by atoms with Gasteiger partial charge in [0.15, 0.2) is 0 Å². The van der Waals surface area contributed by atoms with Crippen molar-refractivity contribution in [3.05, 3.63) is 70.3 Å². The van der Waals surface area contributed by atoms with Crippen molar-refractivity contribution >= 4 is 35.2 Å². The maximum Gasteiger partial charge on any atom is 0.337 e. The largest absolute Gasteiger partial charge is 0.465 e. The molecule has 0 radical (unpaired) electrons. The Morgan fingerprint density at radius 1 is 1.17 bits per heavy atom. The molecule has 0 atom stereocenters. The first-order chi connectivity index (χ1) is 11.0. The maximum atomic E-state index is 12.0. The van der Waals surface area contributed by atoms with E-state index < -0.39 is 5.97 Å². The zero-order valence-corrected chi connectivity index (χ0v) is 13.6. The van der Waals surface area contributed by atoms with Gasteiger partial charge in [-0.25, -0.2) is 4.79 Å². The van der Waals surface area contributed by atoms with Crippen LogP contribution >= 0.6 is 11.6 Å². The molecule has 5 heteroatoms. The Bertz CT molecular complexity index is 769. The van der Waals surface area contributed by atoms with Crippen molar-refractivity contribution in [1.82, 2.24) is 0 Å². The lowest BCUT2D eigenvalue weighted by atomic mass is 10.1. The highest BCUT2D eigenvalue weighted by molar-refractivity contribution is 6.32. The van der Waals surface area contributed by atoms with E-state index in [-0.39, 0.29) is 5.91 Å². The molecule has 1 N–H and O–H groups in total. The molecule has 0 aliphatic carbocycles. The SMILES string of the molecule is COC(=O)c1ccc(C)c(NC(=O)/C=C/c2ccccc2Cl)c1. The highest BCUT2D eigenvalue weighted by atomic mass is 35.5. The van der Waals surface area contributed by atoms with Crippen molar-refractivity contribution in [3.8, 4) is 0 Å². The van der Waals surface area contributed by atoms with E-state index in [2.05, 4.69) is 10.1 Å². The summed E-state index contributed by atoms with van der Waals surface area (Å²) in [6, 6.07) is 12.2. The van der Waals surface area contributed by atoms with Crippen molar-refractivity contribution in [1.29, 1.82) is 0 Å². The summed E-state index contributed by atoms with van der Waals surface area (Å²) < 4.78 is 4.67. The number of halogens is 1. The molecule has 2 aromatic carbocycles. The lowest BCUT2D eigenvalue weighted by Gasteiger charge is -2.08. The topological polar surface area (TPSA) is 55.4 Å². The number of benzene rings is 2. The summed E-state index contributed by atoms with van der Waals surface area (Å²) in [5.74, 6) is -0.762. The van der Waals surface area contributed by atoms with Gasteiger partial charge in [-0.2, -0.15) is 0 Å². The van der Waals surface area contributed by atoms with Gasteiger partial charge in [-0.15, -0.1) is 0 Å². The molecule has 1 amide bonds. The number of carbonyl (C=O) groups is 2. The number of nitrogens with one attached hydrogen (secondary N) is 1. The maximum absolute atomic E-state index is 12.0. The van der Waals surface area contributed by atoms with Crippen LogP contribution in [0.5, 0.6) is 0 Å². The second-order valence-electron chi connectivity index (χ2n) is 4.87. The van der Waals surface area contributed by atoms with Crippen LogP contribution in [0.4, 0.5) is 5.69 Å². The van der Waals surface area contributed by atoms with Crippen LogP contribution in [0.15, 0.2) is 48.5 Å². The van der Waals surface area contributed by atoms with Crippen LogP contribution in [0.2, 0.25) is 5.02 Å². The van der Waals surface area contributed by atoms with Crippen LogP contribution < -0.4 is 5.32 Å². The van der Waals surface area contributed by atoms with E-state index >= 15 is 0 Å². The van der Waals surface area contributed by atoms with E-state index in [0.29, 0.717) is 16.3 Å². The highest BCUT2D eigenvalue weighted by Crippen LogP contribution is 2.19. The molecule has 2 aromatic rings. The van der Waals surface area contributed by atoms with Crippen molar-refractivity contribution in [3.63, 3.8) is 0 Å². The summed E-state index contributed by atoms with van der Waals surface area (Å²) in [6.07, 6.45) is 3.03. The third kappa shape index (κ3) is 4.44. The Labute approximate surface area is 139 Å². The minimum absolute atomic E-state index is 0.310. The van der Waals surface area contributed by atoms with Gasteiger partial charge in [0.25, 0.3) is 0 Å². The number of aryl methyl sites for hydroxylation is 1. The van der Waals surface area contributed by atoms with Crippen LogP contribution in [-0.2, 0) is 9.53 Å². The number of anilines is 1. The number of rotatable bonds is 4. The van der Waals surface area contributed by atoms with E-state index in [9.17, 15) is 9.59 Å². The summed E-state index contributed by atoms with van der Waals surface area (Å²) in [5.41, 5.74) is 2.53. The van der Waals surface area contributed by atoms with Gasteiger partial charge in [0.05, 0.1) is 12.7 Å². The van der Waals surface area contributed by atoms with Gasteiger partial charge >= 0.3 is 5.97 Å². The summed E-state index contributed by atoms with van der Waals surface area (Å²) in [7, 11) is 1.31. The number of methoxy groups -OCH3 is 1. The Kier molecular flexibility index (Phi) is 5.55. The summed E-state index contributed by atoms with van der Waals surface area (Å²) in [6.45, 7) is 1.84. The lowest BCUT2D eigenvalue weighted by Crippen LogP contribution is -2.10. The quantitative estimate of drug-likeness (QED) is 0.679. The molecule has 0 aromatic heterocycles. The molecular weight excluding hydrogens is 314 g/mol. The van der Waals surface area contributed by atoms with E-state index in [1.54, 1.807) is 30.3 Å². The number of esters is 1. The average Bonchev–Trinajstić information content (AvgIpc) is 2.55. The van der Waals surface area contributed by atoms with Gasteiger partial charge in [-0.3, -0.25) is 4.79 Å². The Morgan fingerprint density at radius 3 is 2.61 bits per heavy atom. The van der Waals surface area contributed by atoms with Crippen LogP contribution in [-0.4, -0.2) is 19.0 Å². The van der Waals surface area contributed by atoms with Crippen molar-refractivity contribution in [2.24, 2.45) is 0 Å². The van der Waals surface area contributed by atoms with Crippen molar-refractivity contribution in [2.45, 2.75) is 6.92 Å². The fourth-order valence-corrected chi connectivity index (χ4v) is 2.15. The van der Waals surface area contributed by atoms with Crippen LogP contribution in [0.25, 0.3) is 6.08 Å². The Morgan fingerprint density at radius 2 is 1.91 bits per heavy atom. The first-order valence-corrected chi connectivity index (χ1v) is 7.31. The molecule has 118 valence electrons. The molecule has 0 aliphatic rings. The molecule has 0 bridgehead atoms. The molecule has 4 nitrogen and oxygen atoms in total. The molecular formula is C18H16ClNO3. The minimum Gasteiger partial charge on any atom is -0.465 e. The van der Waals surface area contributed by atoms with Gasteiger partial charge in [-0.05, 0) is 42.3 Å². The molecule has 0 fully saturated rings. The van der Waals surface area contributed by atoms with Gasteiger partial charge in [-0.1, -0.05) is 35.9 Å². The fourth-order valence-electron chi connectivity index (χ4n) is 1.95. The fraction of sp³-hybridized carbons (Fsp3) is 0.111. The third-order valence-electron chi connectivity index (χ3n) is 3.24. The van der Waals surface area contributed by atoms with Gasteiger partial charge in [0, 0.05) is 16.8 Å². The van der Waals surface area contributed by atoms with Gasteiger partial charge in [0.1, 0.15) is 0 Å². The van der Waals surface area contributed by atoms with Crippen molar-refractivity contribution in [2.75, 3.05) is 12.4 Å². The van der Waals surface area contributed by atoms with E-state index in [1.165, 1.54) is 13.2 Å². The smallest absolute Gasteiger partial charge is 0.337 e. The minimum atomic E-state index is -0.452. The molecule has 2 rings (SSSR count). The molecule has 0 spiro atoms. The van der Waals surface area contributed by atoms with Gasteiger partial charge < -0.3 is 10.1 Å².